The van der Waals surface area contributed by atoms with Crippen molar-refractivity contribution in [1.82, 2.24) is 0 Å². The number of aliphatic hydroxyl groups is 11. The maximum atomic E-state index is 14.2. The van der Waals surface area contributed by atoms with Crippen molar-refractivity contribution in [3.8, 4) is 57.3 Å². The van der Waals surface area contributed by atoms with Crippen molar-refractivity contribution in [2.45, 2.75) is 92.1 Å². The van der Waals surface area contributed by atoms with Crippen molar-refractivity contribution in [1.29, 1.82) is 0 Å². The molecule has 0 spiro atoms. The van der Waals surface area contributed by atoms with E-state index in [4.69, 9.17) is 47.0 Å². The van der Waals surface area contributed by atoms with Gasteiger partial charge in [-0.15, -0.1) is 0 Å². The number of aliphatic hydroxyl groups excluding tert-OH is 11. The van der Waals surface area contributed by atoms with Crippen molar-refractivity contribution >= 4 is 23.0 Å². The molecule has 4 aromatic rings. The van der Waals surface area contributed by atoms with Gasteiger partial charge in [0.15, 0.2) is 28.8 Å². The number of hydrogen-bond donors (Lipinski definition) is 14. The lowest BCUT2D eigenvalue weighted by molar-refractivity contribution is -0.282. The zero-order valence-corrected chi connectivity index (χ0v) is 36.6. The number of phenolic OH excluding ortho intramolecular Hbond substituents is 3. The third kappa shape index (κ3) is 10.4. The van der Waals surface area contributed by atoms with Crippen LogP contribution in [0.3, 0.4) is 0 Å². The molecule has 26 nitrogen and oxygen atoms in total. The standard InChI is InChI=1S/C44H50O26/c1-61-22-7-15(8-23(62-2)29(22)50)3-6-27(49)63-14-26-32(53)36(57)38(59)43(69-26)66-20-9-16(4-5-19(20)65-42-37(58)34(55)30(51)24(12-45)67-42)40-41(33(54)28-18(48)10-17(47)11-21(28)64-40)70-44-39(60)35(56)31(52)25(13-46)68-44/h3-11,24-26,30-32,34-39,42-48,50-53,55-60H,12-14H2,1-2H3. The topological polar surface area (TPSA) is 414 Å². The quantitative estimate of drug-likeness (QED) is 0.0404. The molecule has 0 amide bonds. The fourth-order valence-corrected chi connectivity index (χ4v) is 7.64. The predicted octanol–water partition coefficient (Wildman–Crippen LogP) is -3.61. The van der Waals surface area contributed by atoms with E-state index < -0.39 is 169 Å². The summed E-state index contributed by atoms with van der Waals surface area (Å²) in [4.78, 5) is 27.0. The van der Waals surface area contributed by atoms with Crippen molar-refractivity contribution in [2.24, 2.45) is 0 Å². The van der Waals surface area contributed by atoms with Crippen LogP contribution in [0.25, 0.3) is 28.4 Å². The SMILES string of the molecule is COc1cc(C=CC(=O)OCC2OC(Oc3cc(-c4oc5cc(O)cc(O)c5c(=O)c4OC4OC(CO)C(O)C(O)C4O)ccc3OC3OC(CO)C(O)C(O)C3O)C(O)C(O)C2O)cc(OC)c1O. The molecule has 0 radical (unpaired) electrons. The van der Waals surface area contributed by atoms with Gasteiger partial charge in [0, 0.05) is 23.8 Å². The fourth-order valence-electron chi connectivity index (χ4n) is 7.64. The maximum absolute atomic E-state index is 14.2. The second-order valence-corrected chi connectivity index (χ2v) is 16.1. The van der Waals surface area contributed by atoms with Crippen molar-refractivity contribution in [2.75, 3.05) is 34.0 Å². The third-order valence-corrected chi connectivity index (χ3v) is 11.5. The average Bonchev–Trinajstić information content (AvgIpc) is 3.34. The number of hydrogen-bond acceptors (Lipinski definition) is 26. The van der Waals surface area contributed by atoms with Crippen LogP contribution in [0.2, 0.25) is 0 Å². The molecule has 4 heterocycles. The fraction of sp³-hybridized carbons (Fsp3) is 0.455. The van der Waals surface area contributed by atoms with Crippen LogP contribution >= 0.6 is 0 Å². The molecule has 3 aliphatic heterocycles. The second kappa shape index (κ2) is 21.5. The van der Waals surface area contributed by atoms with Gasteiger partial charge in [0.05, 0.1) is 27.4 Å². The Morgan fingerprint density at radius 1 is 0.614 bits per heavy atom. The molecule has 14 N–H and O–H groups in total. The number of fused-ring (bicyclic) bond motifs is 1. The summed E-state index contributed by atoms with van der Waals surface area (Å²) in [6, 6.07) is 7.73. The van der Waals surface area contributed by atoms with E-state index in [0.717, 1.165) is 36.4 Å². The lowest BCUT2D eigenvalue weighted by atomic mass is 9.99. The zero-order valence-electron chi connectivity index (χ0n) is 36.6. The highest BCUT2D eigenvalue weighted by atomic mass is 16.7. The summed E-state index contributed by atoms with van der Waals surface area (Å²) >= 11 is 0. The largest absolute Gasteiger partial charge is 0.508 e. The van der Waals surface area contributed by atoms with E-state index in [9.17, 15) is 81.1 Å². The molecule has 70 heavy (non-hydrogen) atoms. The van der Waals surface area contributed by atoms with Gasteiger partial charge in [0.1, 0.15) is 102 Å². The van der Waals surface area contributed by atoms with Crippen LogP contribution in [-0.4, -0.2) is 204 Å². The minimum atomic E-state index is -2.11. The number of carbonyl (C=O) groups is 1. The van der Waals surface area contributed by atoms with Gasteiger partial charge in [-0.1, -0.05) is 0 Å². The second-order valence-electron chi connectivity index (χ2n) is 16.1. The highest BCUT2D eigenvalue weighted by molar-refractivity contribution is 5.89. The highest BCUT2D eigenvalue weighted by Crippen LogP contribution is 2.42. The molecule has 1 aromatic heterocycles. The molecule has 0 saturated carbocycles. The average molecular weight is 995 g/mol. The van der Waals surface area contributed by atoms with Gasteiger partial charge >= 0.3 is 5.97 Å². The summed E-state index contributed by atoms with van der Waals surface area (Å²) < 4.78 is 55.8. The van der Waals surface area contributed by atoms with Crippen LogP contribution in [0.1, 0.15) is 5.56 Å². The first kappa shape index (κ1) is 51.8. The van der Waals surface area contributed by atoms with Crippen LogP contribution in [0.15, 0.2) is 57.8 Å². The van der Waals surface area contributed by atoms with E-state index in [1.165, 1.54) is 32.4 Å². The molecular formula is C44H50O26. The third-order valence-electron chi connectivity index (χ3n) is 11.5. The van der Waals surface area contributed by atoms with Gasteiger partial charge in [-0.25, -0.2) is 4.79 Å². The number of ether oxygens (including phenoxy) is 9. The van der Waals surface area contributed by atoms with E-state index in [0.29, 0.717) is 5.56 Å². The monoisotopic (exact) mass is 994 g/mol. The number of aromatic hydroxyl groups is 3. The van der Waals surface area contributed by atoms with Gasteiger partial charge in [-0.2, -0.15) is 0 Å². The molecule has 26 heteroatoms. The maximum Gasteiger partial charge on any atom is 0.330 e. The van der Waals surface area contributed by atoms with Crippen molar-refractivity contribution < 1.29 is 123 Å². The van der Waals surface area contributed by atoms with Gasteiger partial charge in [-0.3, -0.25) is 4.79 Å². The summed E-state index contributed by atoms with van der Waals surface area (Å²) in [7, 11) is 2.59. The van der Waals surface area contributed by atoms with Gasteiger partial charge in [0.2, 0.25) is 35.8 Å². The summed E-state index contributed by atoms with van der Waals surface area (Å²) in [5.41, 5.74) is -1.56. The molecule has 15 atom stereocenters. The number of methoxy groups -OCH3 is 2. The highest BCUT2D eigenvalue weighted by Gasteiger charge is 2.48. The zero-order chi connectivity index (χ0) is 50.9. The first-order valence-corrected chi connectivity index (χ1v) is 21.1. The number of carbonyl (C=O) groups excluding carboxylic acids is 1. The number of phenols is 3. The summed E-state index contributed by atoms with van der Waals surface area (Å²) in [5, 5.41) is 147. The lowest BCUT2D eigenvalue weighted by Crippen LogP contribution is -2.60. The Morgan fingerprint density at radius 3 is 1.67 bits per heavy atom. The normalized spacial score (nSPS) is 31.3. The minimum absolute atomic E-state index is 0.0289. The Bertz CT molecular complexity index is 2550. The Balaban J connectivity index is 1.25. The Hall–Kier alpha value is -6.08. The van der Waals surface area contributed by atoms with Crippen LogP contribution in [0.4, 0.5) is 0 Å². The lowest BCUT2D eigenvalue weighted by Gasteiger charge is -2.41. The first-order valence-electron chi connectivity index (χ1n) is 21.1. The number of benzene rings is 3. The van der Waals surface area contributed by atoms with Crippen LogP contribution in [0.5, 0.6) is 46.0 Å². The number of rotatable bonds is 15. The van der Waals surface area contributed by atoms with Crippen molar-refractivity contribution in [3.63, 3.8) is 0 Å². The molecule has 3 aromatic carbocycles. The Morgan fingerprint density at radius 2 is 1.13 bits per heavy atom. The summed E-state index contributed by atoms with van der Waals surface area (Å²) in [5.74, 6) is -5.11. The molecule has 382 valence electrons. The van der Waals surface area contributed by atoms with Gasteiger partial charge < -0.3 is 119 Å². The first-order chi connectivity index (χ1) is 33.3. The molecule has 3 saturated heterocycles. The van der Waals surface area contributed by atoms with Crippen LogP contribution in [0, 0.1) is 0 Å². The molecule has 7 rings (SSSR count). The smallest absolute Gasteiger partial charge is 0.330 e. The van der Waals surface area contributed by atoms with E-state index in [1.807, 2.05) is 0 Å². The predicted molar refractivity (Wildman–Crippen MR) is 229 cm³/mol. The Labute approximate surface area is 393 Å². The van der Waals surface area contributed by atoms with Gasteiger partial charge in [-0.05, 0) is 42.0 Å². The number of esters is 1. The molecule has 0 aliphatic carbocycles. The van der Waals surface area contributed by atoms with Crippen LogP contribution < -0.4 is 29.1 Å². The minimum Gasteiger partial charge on any atom is -0.508 e. The van der Waals surface area contributed by atoms with E-state index in [2.05, 4.69) is 0 Å². The molecule has 3 fully saturated rings. The Kier molecular flexibility index (Phi) is 15.9. The van der Waals surface area contributed by atoms with Crippen LogP contribution in [-0.2, 0) is 23.7 Å². The van der Waals surface area contributed by atoms with E-state index in [-0.39, 0.29) is 22.8 Å². The van der Waals surface area contributed by atoms with Crippen molar-refractivity contribution in [3.05, 3.63) is 64.3 Å². The van der Waals surface area contributed by atoms with E-state index >= 15 is 0 Å². The summed E-state index contributed by atoms with van der Waals surface area (Å²) in [6.45, 7) is -2.53. The molecule has 0 bridgehead atoms. The summed E-state index contributed by atoms with van der Waals surface area (Å²) in [6.07, 6.45) is -26.1. The molecule has 3 aliphatic rings. The molecular weight excluding hydrogens is 944 g/mol. The van der Waals surface area contributed by atoms with E-state index in [1.54, 1.807) is 0 Å². The molecule has 15 unspecified atom stereocenters. The van der Waals surface area contributed by atoms with Gasteiger partial charge in [0.25, 0.3) is 0 Å².